The first-order valence-electron chi connectivity index (χ1n) is 7.58. The number of hydrogen-bond donors (Lipinski definition) is 2. The minimum Gasteiger partial charge on any atom is -0.357 e. The number of pyridine rings is 1. The number of benzene rings is 1. The maximum atomic E-state index is 11.1. The van der Waals surface area contributed by atoms with Gasteiger partial charge in [0.25, 0.3) is 0 Å². The van der Waals surface area contributed by atoms with E-state index in [0.29, 0.717) is 11.6 Å². The van der Waals surface area contributed by atoms with Crippen molar-refractivity contribution in [1.29, 1.82) is 0 Å². The molecule has 0 radical (unpaired) electrons. The number of aromatic nitrogens is 3. The molecule has 0 aliphatic heterocycles. The lowest BCUT2D eigenvalue weighted by Gasteiger charge is -2.06. The number of hydrogen-bond acceptors (Lipinski definition) is 2. The lowest BCUT2D eigenvalue weighted by Crippen LogP contribution is -2.18. The average molecular weight is 339 g/mol. The third kappa shape index (κ3) is 2.63. The number of aromatic amines is 1. The molecule has 5 nitrogen and oxygen atoms in total. The van der Waals surface area contributed by atoms with Gasteiger partial charge in [0.2, 0.25) is 5.91 Å². The highest BCUT2D eigenvalue weighted by atomic mass is 35.5. The number of fused-ring (bicyclic) bond motifs is 2. The van der Waals surface area contributed by atoms with Gasteiger partial charge in [0.15, 0.2) is 0 Å². The van der Waals surface area contributed by atoms with Crippen LogP contribution in [0.1, 0.15) is 12.6 Å². The van der Waals surface area contributed by atoms with Gasteiger partial charge in [0.05, 0.1) is 24.6 Å². The van der Waals surface area contributed by atoms with E-state index in [-0.39, 0.29) is 5.91 Å². The molecule has 1 amide bonds. The number of amides is 1. The summed E-state index contributed by atoms with van der Waals surface area (Å²) in [4.78, 5) is 18.5. The summed E-state index contributed by atoms with van der Waals surface area (Å²) < 4.78 is 1.97. The van der Waals surface area contributed by atoms with Gasteiger partial charge in [0.1, 0.15) is 0 Å². The number of H-pyrrole nitrogens is 1. The molecule has 2 N–H and O–H groups in total. The minimum atomic E-state index is -0.0546. The first-order chi connectivity index (χ1) is 11.6. The molecular formula is C18H15ClN4O. The number of carbonyl (C=O) groups is 1. The second-order valence-corrected chi connectivity index (χ2v) is 6.17. The predicted octanol–water partition coefficient (Wildman–Crippen LogP) is 3.77. The molecule has 4 rings (SSSR count). The topological polar surface area (TPSA) is 62.2 Å². The summed E-state index contributed by atoms with van der Waals surface area (Å²) in [6.07, 6.45) is 5.59. The Morgan fingerprint density at radius 3 is 3.04 bits per heavy atom. The molecule has 0 unspecified atom stereocenters. The quantitative estimate of drug-likeness (QED) is 0.597. The summed E-state index contributed by atoms with van der Waals surface area (Å²) in [7, 11) is 0. The highest BCUT2D eigenvalue weighted by molar-refractivity contribution is 6.34. The van der Waals surface area contributed by atoms with Crippen molar-refractivity contribution in [3.05, 3.63) is 59.8 Å². The van der Waals surface area contributed by atoms with Gasteiger partial charge < -0.3 is 14.7 Å². The van der Waals surface area contributed by atoms with Crippen molar-refractivity contribution in [3.8, 4) is 11.1 Å². The van der Waals surface area contributed by atoms with Crippen LogP contribution in [0.15, 0.2) is 49.1 Å². The number of nitrogens with one attached hydrogen (secondary N) is 2. The highest BCUT2D eigenvalue weighted by Crippen LogP contribution is 2.32. The van der Waals surface area contributed by atoms with Crippen LogP contribution < -0.4 is 5.32 Å². The van der Waals surface area contributed by atoms with Crippen molar-refractivity contribution in [3.63, 3.8) is 0 Å². The van der Waals surface area contributed by atoms with E-state index in [0.717, 1.165) is 33.2 Å². The van der Waals surface area contributed by atoms with Crippen molar-refractivity contribution in [1.82, 2.24) is 19.7 Å². The van der Waals surface area contributed by atoms with E-state index in [1.807, 2.05) is 47.1 Å². The van der Waals surface area contributed by atoms with Gasteiger partial charge in [-0.3, -0.25) is 4.79 Å². The number of carbonyl (C=O) groups excluding carboxylic acids is 1. The zero-order valence-corrected chi connectivity index (χ0v) is 13.8. The smallest absolute Gasteiger partial charge is 0.217 e. The molecular weight excluding hydrogens is 324 g/mol. The first kappa shape index (κ1) is 14.8. The number of imidazole rings is 1. The van der Waals surface area contributed by atoms with Crippen molar-refractivity contribution in [2.45, 2.75) is 13.5 Å². The summed E-state index contributed by atoms with van der Waals surface area (Å²) >= 11 is 6.49. The van der Waals surface area contributed by atoms with Gasteiger partial charge in [-0.1, -0.05) is 17.7 Å². The van der Waals surface area contributed by atoms with Crippen LogP contribution in [0.2, 0.25) is 5.02 Å². The summed E-state index contributed by atoms with van der Waals surface area (Å²) in [5.74, 6) is -0.0546. The van der Waals surface area contributed by atoms with Crippen LogP contribution in [0.5, 0.6) is 0 Å². The van der Waals surface area contributed by atoms with E-state index >= 15 is 0 Å². The number of rotatable bonds is 3. The van der Waals surface area contributed by atoms with E-state index in [2.05, 4.69) is 15.3 Å². The summed E-state index contributed by atoms with van der Waals surface area (Å²) in [6, 6.07) is 10.0. The number of nitrogens with zero attached hydrogens (tertiary/aromatic N) is 2. The minimum absolute atomic E-state index is 0.0546. The Morgan fingerprint density at radius 1 is 1.33 bits per heavy atom. The van der Waals surface area contributed by atoms with Gasteiger partial charge in [-0.15, -0.1) is 0 Å². The normalized spacial score (nSPS) is 11.2. The summed E-state index contributed by atoms with van der Waals surface area (Å²) in [5.41, 5.74) is 4.94. The maximum Gasteiger partial charge on any atom is 0.217 e. The lowest BCUT2D eigenvalue weighted by molar-refractivity contribution is -0.119. The average Bonchev–Trinajstić information content (AvgIpc) is 3.17. The molecule has 3 heterocycles. The van der Waals surface area contributed by atoms with Crippen molar-refractivity contribution < 1.29 is 4.79 Å². The van der Waals surface area contributed by atoms with Crippen LogP contribution in [0.4, 0.5) is 0 Å². The van der Waals surface area contributed by atoms with Gasteiger partial charge in [-0.25, -0.2) is 4.98 Å². The molecule has 4 aromatic rings. The van der Waals surface area contributed by atoms with Gasteiger partial charge in [-0.05, 0) is 29.8 Å². The zero-order valence-electron chi connectivity index (χ0n) is 13.0. The van der Waals surface area contributed by atoms with Crippen LogP contribution >= 0.6 is 11.6 Å². The fourth-order valence-electron chi connectivity index (χ4n) is 2.83. The van der Waals surface area contributed by atoms with Crippen molar-refractivity contribution in [2.75, 3.05) is 0 Å². The molecule has 24 heavy (non-hydrogen) atoms. The molecule has 120 valence electrons. The monoisotopic (exact) mass is 338 g/mol. The van der Waals surface area contributed by atoms with E-state index < -0.39 is 0 Å². The molecule has 0 fully saturated rings. The summed E-state index contributed by atoms with van der Waals surface area (Å²) in [6.45, 7) is 1.97. The van der Waals surface area contributed by atoms with Gasteiger partial charge in [0, 0.05) is 40.3 Å². The molecule has 0 spiro atoms. The first-order valence-corrected chi connectivity index (χ1v) is 7.95. The zero-order chi connectivity index (χ0) is 16.7. The molecule has 0 atom stereocenters. The van der Waals surface area contributed by atoms with Crippen LogP contribution in [-0.4, -0.2) is 20.3 Å². The summed E-state index contributed by atoms with van der Waals surface area (Å²) in [5, 5.41) is 4.50. The second-order valence-electron chi connectivity index (χ2n) is 5.77. The lowest BCUT2D eigenvalue weighted by atomic mass is 10.1. The molecule has 1 aromatic carbocycles. The Hall–Kier alpha value is -2.79. The largest absolute Gasteiger partial charge is 0.357 e. The van der Waals surface area contributed by atoms with Crippen LogP contribution in [-0.2, 0) is 11.3 Å². The van der Waals surface area contributed by atoms with E-state index in [4.69, 9.17) is 11.6 Å². The third-order valence-electron chi connectivity index (χ3n) is 4.01. The second kappa shape index (κ2) is 5.69. The molecule has 3 aromatic heterocycles. The Balaban J connectivity index is 1.77. The molecule has 0 aliphatic carbocycles. The van der Waals surface area contributed by atoms with Crippen LogP contribution in [0.3, 0.4) is 0 Å². The van der Waals surface area contributed by atoms with Crippen LogP contribution in [0, 0.1) is 0 Å². The fraction of sp³-hybridized carbons (Fsp3) is 0.111. The fourth-order valence-corrected chi connectivity index (χ4v) is 3.11. The molecule has 6 heteroatoms. The third-order valence-corrected chi connectivity index (χ3v) is 4.32. The molecule has 0 aliphatic rings. The number of halogens is 1. The SMILES string of the molecule is CC(=O)NCc1cc2cc(Cl)c(-c3ccc4cncn4c3)cc2[nH]1. The highest BCUT2D eigenvalue weighted by Gasteiger charge is 2.09. The van der Waals surface area contributed by atoms with E-state index in [1.165, 1.54) is 6.92 Å². The van der Waals surface area contributed by atoms with Gasteiger partial charge in [-0.2, -0.15) is 0 Å². The molecule has 0 bridgehead atoms. The Morgan fingerprint density at radius 2 is 2.21 bits per heavy atom. The predicted molar refractivity (Wildman–Crippen MR) is 95.0 cm³/mol. The molecule has 0 saturated heterocycles. The Labute approximate surface area is 143 Å². The van der Waals surface area contributed by atoms with Gasteiger partial charge >= 0.3 is 0 Å². The van der Waals surface area contributed by atoms with E-state index in [1.54, 1.807) is 6.33 Å². The van der Waals surface area contributed by atoms with E-state index in [9.17, 15) is 4.79 Å². The maximum absolute atomic E-state index is 11.1. The Bertz CT molecular complexity index is 1060. The Kier molecular flexibility index (Phi) is 3.50. The van der Waals surface area contributed by atoms with Crippen molar-refractivity contribution >= 4 is 33.9 Å². The van der Waals surface area contributed by atoms with Crippen molar-refractivity contribution in [2.24, 2.45) is 0 Å². The van der Waals surface area contributed by atoms with Crippen LogP contribution in [0.25, 0.3) is 27.5 Å². The standard InChI is InChI=1S/C18H15ClN4O/c1-11(24)21-7-14-4-13-5-17(19)16(6-18(13)22-14)12-2-3-15-8-20-10-23(15)9-12/h2-6,8-10,22H,7H2,1H3,(H,21,24). The molecule has 0 saturated carbocycles.